The van der Waals surface area contributed by atoms with Crippen LogP contribution in [0.2, 0.25) is 0 Å². The molecule has 0 aliphatic rings. The Labute approximate surface area is 249 Å². The monoisotopic (exact) mass is 603 g/mol. The number of nitrogens with two attached hydrogens (primary N) is 1. The molecule has 0 amide bonds. The molecule has 2 aromatic heterocycles. The Kier molecular flexibility index (Phi) is 8.13. The predicted molar refractivity (Wildman–Crippen MR) is 163 cm³/mol. The number of hydrogen-bond acceptors (Lipinski definition) is 8. The Morgan fingerprint density at radius 1 is 0.953 bits per heavy atom. The average Bonchev–Trinajstić information content (AvgIpc) is 3.47. The fraction of sp³-hybridized carbons (Fsp3) is 0.219. The van der Waals surface area contributed by atoms with Gasteiger partial charge in [0.25, 0.3) is 5.00 Å². The van der Waals surface area contributed by atoms with E-state index in [1.54, 1.807) is 36.4 Å². The third-order valence-corrected chi connectivity index (χ3v) is 9.56. The summed E-state index contributed by atoms with van der Waals surface area (Å²) in [5.74, 6) is -0.184. The second-order valence-corrected chi connectivity index (χ2v) is 13.3. The van der Waals surface area contributed by atoms with Crippen LogP contribution in [0.1, 0.15) is 30.5 Å². The van der Waals surface area contributed by atoms with Crippen molar-refractivity contribution in [2.24, 2.45) is 0 Å². The maximum absolute atomic E-state index is 16.7. The number of rotatable bonds is 9. The first-order valence-corrected chi connectivity index (χ1v) is 15.1. The molecule has 0 bridgehead atoms. The van der Waals surface area contributed by atoms with E-state index < -0.39 is 25.9 Å². The van der Waals surface area contributed by atoms with Gasteiger partial charge in [0.2, 0.25) is 0 Å². The third kappa shape index (κ3) is 5.65. The molecule has 8 nitrogen and oxygen atoms in total. The van der Waals surface area contributed by atoms with E-state index in [0.717, 1.165) is 5.56 Å². The number of nitrogens with zero attached hydrogens (tertiary/aromatic N) is 4. The molecule has 2 heterocycles. The fourth-order valence-electron chi connectivity index (χ4n) is 4.79. The summed E-state index contributed by atoms with van der Waals surface area (Å²) in [6.45, 7) is 3.50. The van der Waals surface area contributed by atoms with E-state index in [4.69, 9.17) is 10.3 Å². The summed E-state index contributed by atoms with van der Waals surface area (Å²) in [7, 11) is -0.456. The lowest BCUT2D eigenvalue weighted by atomic mass is 10.00. The SMILES string of the molecule is CC(C)S(=O)(=O)C(F)(c1ccccc1)c1ccc(-c2cnc(N)c(-c3cc(-c4ccc(CN(C)C)cc4F)no3)n2)cc1. The van der Waals surface area contributed by atoms with Gasteiger partial charge in [-0.15, -0.1) is 0 Å². The molecule has 1 atom stereocenters. The maximum atomic E-state index is 16.7. The minimum absolute atomic E-state index is 0.0240. The van der Waals surface area contributed by atoms with E-state index in [1.165, 1.54) is 56.4 Å². The summed E-state index contributed by atoms with van der Waals surface area (Å²) in [6.07, 6.45) is 1.44. The fourth-order valence-corrected chi connectivity index (χ4v) is 6.37. The van der Waals surface area contributed by atoms with Crippen molar-refractivity contribution in [3.63, 3.8) is 0 Å². The predicted octanol–water partition coefficient (Wildman–Crippen LogP) is 6.24. The molecule has 0 radical (unpaired) electrons. The molecule has 11 heteroatoms. The summed E-state index contributed by atoms with van der Waals surface area (Å²) < 4.78 is 63.6. The van der Waals surface area contributed by atoms with Gasteiger partial charge in [0, 0.05) is 34.9 Å². The van der Waals surface area contributed by atoms with Gasteiger partial charge in [-0.3, -0.25) is 0 Å². The smallest absolute Gasteiger partial charge is 0.260 e. The zero-order chi connectivity index (χ0) is 30.9. The van der Waals surface area contributed by atoms with E-state index in [2.05, 4.69) is 15.1 Å². The molecule has 5 rings (SSSR count). The van der Waals surface area contributed by atoms with E-state index in [0.29, 0.717) is 17.8 Å². The van der Waals surface area contributed by atoms with E-state index in [-0.39, 0.29) is 39.7 Å². The number of nitrogen functional groups attached to an aromatic ring is 1. The van der Waals surface area contributed by atoms with Crippen molar-refractivity contribution in [1.82, 2.24) is 20.0 Å². The van der Waals surface area contributed by atoms with Crippen molar-refractivity contribution < 1.29 is 21.7 Å². The zero-order valence-electron chi connectivity index (χ0n) is 24.1. The van der Waals surface area contributed by atoms with Crippen LogP contribution in [0.5, 0.6) is 0 Å². The van der Waals surface area contributed by atoms with Gasteiger partial charge in [-0.05, 0) is 45.6 Å². The molecule has 43 heavy (non-hydrogen) atoms. The van der Waals surface area contributed by atoms with E-state index in [1.807, 2.05) is 25.1 Å². The second kappa shape index (κ2) is 11.7. The van der Waals surface area contributed by atoms with Crippen LogP contribution in [0.15, 0.2) is 89.6 Å². The minimum Gasteiger partial charge on any atom is -0.382 e. The molecule has 222 valence electrons. The third-order valence-electron chi connectivity index (χ3n) is 7.06. The lowest BCUT2D eigenvalue weighted by molar-refractivity contribution is 0.324. The van der Waals surface area contributed by atoms with Crippen LogP contribution >= 0.6 is 0 Å². The van der Waals surface area contributed by atoms with Crippen molar-refractivity contribution in [3.8, 4) is 34.0 Å². The van der Waals surface area contributed by atoms with Gasteiger partial charge < -0.3 is 15.2 Å². The van der Waals surface area contributed by atoms with Crippen LogP contribution < -0.4 is 5.73 Å². The molecule has 0 spiro atoms. The summed E-state index contributed by atoms with van der Waals surface area (Å²) in [5, 5.41) is 0.301. The highest BCUT2D eigenvalue weighted by Crippen LogP contribution is 2.42. The van der Waals surface area contributed by atoms with Crippen molar-refractivity contribution in [3.05, 3.63) is 108 Å². The molecule has 0 fully saturated rings. The van der Waals surface area contributed by atoms with Gasteiger partial charge in [0.05, 0.1) is 17.1 Å². The normalized spacial score (nSPS) is 13.4. The molecule has 0 saturated heterocycles. The first kappa shape index (κ1) is 30.0. The highest BCUT2D eigenvalue weighted by Gasteiger charge is 2.49. The lowest BCUT2D eigenvalue weighted by Crippen LogP contribution is -2.37. The maximum Gasteiger partial charge on any atom is 0.260 e. The second-order valence-electron chi connectivity index (χ2n) is 10.7. The topological polar surface area (TPSA) is 115 Å². The van der Waals surface area contributed by atoms with Crippen LogP contribution in [-0.4, -0.2) is 47.8 Å². The highest BCUT2D eigenvalue weighted by atomic mass is 32.2. The van der Waals surface area contributed by atoms with E-state index in [9.17, 15) is 12.8 Å². The molecule has 5 aromatic rings. The zero-order valence-corrected chi connectivity index (χ0v) is 24.9. The number of alkyl halides is 1. The standard InChI is InChI=1S/C32H31F2N5O3S/c1-20(2)43(40,41)32(34,23-8-6-5-7-9-23)24-13-11-22(12-14-24)28-18-36-31(35)30(37-28)29-17-27(38-42-29)25-15-10-21(16-26(25)33)19-39(3)4/h5-18,20H,19H2,1-4H3,(H2,35,36). The first-order chi connectivity index (χ1) is 20.4. The lowest BCUT2D eigenvalue weighted by Gasteiger charge is -2.28. The molecule has 0 aliphatic carbocycles. The molecular formula is C32H31F2N5O3S. The Balaban J connectivity index is 1.48. The molecule has 0 aliphatic heterocycles. The number of benzene rings is 3. The van der Waals surface area contributed by atoms with Gasteiger partial charge in [-0.25, -0.2) is 27.2 Å². The Morgan fingerprint density at radius 2 is 1.63 bits per heavy atom. The quantitative estimate of drug-likeness (QED) is 0.211. The Bertz CT molecular complexity index is 1860. The Morgan fingerprint density at radius 3 is 2.26 bits per heavy atom. The van der Waals surface area contributed by atoms with Crippen LogP contribution in [0.4, 0.5) is 14.6 Å². The molecule has 0 saturated carbocycles. The number of hydrogen-bond donors (Lipinski definition) is 1. The summed E-state index contributed by atoms with van der Waals surface area (Å²) in [6, 6.07) is 20.3. The number of halogens is 2. The molecule has 1 unspecified atom stereocenters. The summed E-state index contributed by atoms with van der Waals surface area (Å²) >= 11 is 0. The largest absolute Gasteiger partial charge is 0.382 e. The van der Waals surface area contributed by atoms with Gasteiger partial charge in [-0.1, -0.05) is 65.8 Å². The summed E-state index contributed by atoms with van der Waals surface area (Å²) in [4.78, 5) is 10.8. The first-order valence-electron chi connectivity index (χ1n) is 13.5. The number of anilines is 1. The molecule has 3 aromatic carbocycles. The van der Waals surface area contributed by atoms with Gasteiger partial charge in [-0.2, -0.15) is 0 Å². The molecule has 2 N–H and O–H groups in total. The van der Waals surface area contributed by atoms with Crippen LogP contribution in [0.25, 0.3) is 34.0 Å². The van der Waals surface area contributed by atoms with Crippen molar-refractivity contribution in [1.29, 1.82) is 0 Å². The summed E-state index contributed by atoms with van der Waals surface area (Å²) in [5.41, 5.74) is 8.57. The van der Waals surface area contributed by atoms with Gasteiger partial charge in [0.15, 0.2) is 27.1 Å². The highest BCUT2D eigenvalue weighted by molar-refractivity contribution is 7.93. The van der Waals surface area contributed by atoms with Crippen molar-refractivity contribution >= 4 is 15.7 Å². The number of aromatic nitrogens is 3. The average molecular weight is 604 g/mol. The minimum atomic E-state index is -4.26. The molecular weight excluding hydrogens is 572 g/mol. The van der Waals surface area contributed by atoms with Crippen molar-refractivity contribution in [2.45, 2.75) is 30.6 Å². The van der Waals surface area contributed by atoms with Crippen LogP contribution in [-0.2, 0) is 21.4 Å². The van der Waals surface area contributed by atoms with Crippen LogP contribution in [0.3, 0.4) is 0 Å². The van der Waals surface area contributed by atoms with Crippen LogP contribution in [0, 0.1) is 5.82 Å². The number of sulfone groups is 1. The Hall–Kier alpha value is -4.48. The van der Waals surface area contributed by atoms with E-state index >= 15 is 4.39 Å². The van der Waals surface area contributed by atoms with Gasteiger partial charge in [0.1, 0.15) is 11.5 Å². The van der Waals surface area contributed by atoms with Gasteiger partial charge >= 0.3 is 0 Å². The van der Waals surface area contributed by atoms with Crippen molar-refractivity contribution in [2.75, 3.05) is 19.8 Å².